The Hall–Kier alpha value is -0.830. The van der Waals surface area contributed by atoms with Gasteiger partial charge in [0.1, 0.15) is 0 Å². The van der Waals surface area contributed by atoms with E-state index in [0.29, 0.717) is 18.5 Å². The molecule has 0 rings (SSSR count). The maximum absolute atomic E-state index is 10.4. The van der Waals surface area contributed by atoms with Crippen molar-refractivity contribution < 1.29 is 9.90 Å². The third-order valence-corrected chi connectivity index (χ3v) is 2.51. The molecule has 0 fully saturated rings. The van der Waals surface area contributed by atoms with Gasteiger partial charge in [-0.1, -0.05) is 6.58 Å². The van der Waals surface area contributed by atoms with Gasteiger partial charge in [-0.05, 0) is 52.7 Å². The second-order valence-corrected chi connectivity index (χ2v) is 4.42. The van der Waals surface area contributed by atoms with Crippen molar-refractivity contribution in [3.63, 3.8) is 0 Å². The molecule has 0 amide bonds. The highest BCUT2D eigenvalue weighted by molar-refractivity contribution is 5.83. The molecule has 3 nitrogen and oxygen atoms in total. The van der Waals surface area contributed by atoms with Crippen molar-refractivity contribution in [2.24, 2.45) is 0 Å². The topological polar surface area (TPSA) is 43.4 Å². The second kappa shape index (κ2) is 6.62. The Morgan fingerprint density at radius 3 is 2.07 bits per heavy atom. The molecular weight excluding hydrogens is 190 g/mol. The minimum absolute atomic E-state index is 0.197. The second-order valence-electron chi connectivity index (χ2n) is 4.42. The molecule has 0 radical (unpaired) electrons. The maximum Gasteiger partial charge on any atom is 0.0668 e. The molecule has 0 aliphatic heterocycles. The van der Waals surface area contributed by atoms with Crippen LogP contribution in [0.3, 0.4) is 0 Å². The van der Waals surface area contributed by atoms with Crippen LogP contribution in [-0.2, 0) is 4.79 Å². The predicted molar refractivity (Wildman–Crippen MR) is 60.4 cm³/mol. The summed E-state index contributed by atoms with van der Waals surface area (Å²) in [5.74, 6) is -1.13. The summed E-state index contributed by atoms with van der Waals surface area (Å²) in [6.45, 7) is 13.0. The normalized spacial score (nSPS) is 11.4. The van der Waals surface area contributed by atoms with Crippen molar-refractivity contribution in [3.05, 3.63) is 12.2 Å². The summed E-state index contributed by atoms with van der Waals surface area (Å²) >= 11 is 0. The molecule has 0 aliphatic rings. The number of carboxylic acids is 1. The van der Waals surface area contributed by atoms with Crippen LogP contribution in [0.5, 0.6) is 0 Å². The van der Waals surface area contributed by atoms with Gasteiger partial charge in [-0.3, -0.25) is 4.90 Å². The first-order valence-electron chi connectivity index (χ1n) is 5.51. The van der Waals surface area contributed by atoms with Gasteiger partial charge in [-0.25, -0.2) is 0 Å². The largest absolute Gasteiger partial charge is 0.545 e. The van der Waals surface area contributed by atoms with Crippen LogP contribution in [0.2, 0.25) is 0 Å². The zero-order chi connectivity index (χ0) is 12.0. The Morgan fingerprint density at radius 1 is 1.27 bits per heavy atom. The summed E-state index contributed by atoms with van der Waals surface area (Å²) in [5.41, 5.74) is 0.197. The number of aliphatic carboxylic acids is 1. The molecule has 0 heterocycles. The smallest absolute Gasteiger partial charge is 0.0668 e. The molecule has 0 spiro atoms. The van der Waals surface area contributed by atoms with E-state index in [1.54, 1.807) is 0 Å². The van der Waals surface area contributed by atoms with E-state index in [9.17, 15) is 9.90 Å². The van der Waals surface area contributed by atoms with Crippen LogP contribution >= 0.6 is 0 Å². The summed E-state index contributed by atoms with van der Waals surface area (Å²) in [6.07, 6.45) is 1.33. The summed E-state index contributed by atoms with van der Waals surface area (Å²) < 4.78 is 0. The molecular formula is C12H22NO2-. The number of carbonyl (C=O) groups excluding carboxylic acids is 1. The third-order valence-electron chi connectivity index (χ3n) is 2.51. The van der Waals surface area contributed by atoms with Crippen LogP contribution in [-0.4, -0.2) is 29.5 Å². The minimum Gasteiger partial charge on any atom is -0.545 e. The van der Waals surface area contributed by atoms with Crippen LogP contribution in [0, 0.1) is 0 Å². The zero-order valence-corrected chi connectivity index (χ0v) is 10.2. The first-order chi connectivity index (χ1) is 6.86. The van der Waals surface area contributed by atoms with Gasteiger partial charge in [0.05, 0.1) is 5.97 Å². The monoisotopic (exact) mass is 212 g/mol. The standard InChI is InChI=1S/C12H23NO2/c1-9(2)13(10(3)4)8-6-7-11(5)12(14)15/h9-10H,5-8H2,1-4H3,(H,14,15)/p-1. The fraction of sp³-hybridized carbons (Fsp3) is 0.750. The summed E-state index contributed by atoms with van der Waals surface area (Å²) in [4.78, 5) is 12.8. The number of rotatable bonds is 7. The molecule has 0 bridgehead atoms. The highest BCUT2D eigenvalue weighted by Crippen LogP contribution is 2.09. The lowest BCUT2D eigenvalue weighted by Crippen LogP contribution is -2.37. The number of nitrogens with zero attached hydrogens (tertiary/aromatic N) is 1. The lowest BCUT2D eigenvalue weighted by molar-refractivity contribution is -0.299. The van der Waals surface area contributed by atoms with Gasteiger partial charge in [0.2, 0.25) is 0 Å². The molecule has 3 heteroatoms. The van der Waals surface area contributed by atoms with Crippen LogP contribution in [0.1, 0.15) is 40.5 Å². The van der Waals surface area contributed by atoms with Gasteiger partial charge in [0.25, 0.3) is 0 Å². The first kappa shape index (κ1) is 14.2. The van der Waals surface area contributed by atoms with Crippen molar-refractivity contribution in [1.82, 2.24) is 4.90 Å². The van der Waals surface area contributed by atoms with Crippen LogP contribution in [0.15, 0.2) is 12.2 Å². The Balaban J connectivity index is 3.92. The predicted octanol–water partition coefficient (Wildman–Crippen LogP) is 1.19. The first-order valence-corrected chi connectivity index (χ1v) is 5.51. The van der Waals surface area contributed by atoms with Crippen molar-refractivity contribution >= 4 is 5.97 Å². The molecule has 15 heavy (non-hydrogen) atoms. The Kier molecular flexibility index (Phi) is 6.25. The van der Waals surface area contributed by atoms with E-state index in [0.717, 1.165) is 13.0 Å². The Morgan fingerprint density at radius 2 is 1.73 bits per heavy atom. The summed E-state index contributed by atoms with van der Waals surface area (Å²) in [6, 6.07) is 0.974. The molecule has 0 aliphatic carbocycles. The zero-order valence-electron chi connectivity index (χ0n) is 10.2. The van der Waals surface area contributed by atoms with E-state index in [4.69, 9.17) is 0 Å². The van der Waals surface area contributed by atoms with Gasteiger partial charge in [0, 0.05) is 12.1 Å². The van der Waals surface area contributed by atoms with E-state index >= 15 is 0 Å². The molecule has 0 saturated heterocycles. The van der Waals surface area contributed by atoms with E-state index in [1.165, 1.54) is 0 Å². The van der Waals surface area contributed by atoms with Crippen molar-refractivity contribution in [2.45, 2.75) is 52.6 Å². The van der Waals surface area contributed by atoms with Crippen LogP contribution in [0.4, 0.5) is 0 Å². The molecule has 0 aromatic heterocycles. The van der Waals surface area contributed by atoms with Crippen molar-refractivity contribution in [3.8, 4) is 0 Å². The Labute approximate surface area is 92.8 Å². The fourth-order valence-corrected chi connectivity index (χ4v) is 1.69. The number of hydrogen-bond acceptors (Lipinski definition) is 3. The Bertz CT molecular complexity index is 214. The molecule has 0 atom stereocenters. The average Bonchev–Trinajstić information content (AvgIpc) is 2.10. The van der Waals surface area contributed by atoms with E-state index in [1.807, 2.05) is 0 Å². The van der Waals surface area contributed by atoms with Crippen LogP contribution in [0.25, 0.3) is 0 Å². The van der Waals surface area contributed by atoms with Crippen molar-refractivity contribution in [1.29, 1.82) is 0 Å². The summed E-state index contributed by atoms with van der Waals surface area (Å²) in [7, 11) is 0. The van der Waals surface area contributed by atoms with Gasteiger partial charge in [-0.15, -0.1) is 0 Å². The van der Waals surface area contributed by atoms with Crippen LogP contribution < -0.4 is 5.11 Å². The minimum atomic E-state index is -1.13. The SMILES string of the molecule is C=C(CCCN(C(C)C)C(C)C)C(=O)[O-]. The van der Waals surface area contributed by atoms with Gasteiger partial charge < -0.3 is 9.90 Å². The van der Waals surface area contributed by atoms with Gasteiger partial charge >= 0.3 is 0 Å². The van der Waals surface area contributed by atoms with Gasteiger partial charge in [-0.2, -0.15) is 0 Å². The van der Waals surface area contributed by atoms with E-state index < -0.39 is 5.97 Å². The molecule has 0 unspecified atom stereocenters. The highest BCUT2D eigenvalue weighted by Gasteiger charge is 2.12. The van der Waals surface area contributed by atoms with Crippen molar-refractivity contribution in [2.75, 3.05) is 6.54 Å². The molecule has 0 aromatic rings. The third kappa shape index (κ3) is 5.57. The highest BCUT2D eigenvalue weighted by atomic mass is 16.4. The van der Waals surface area contributed by atoms with E-state index in [-0.39, 0.29) is 5.57 Å². The molecule has 0 aromatic carbocycles. The quantitative estimate of drug-likeness (QED) is 0.595. The van der Waals surface area contributed by atoms with E-state index in [2.05, 4.69) is 39.2 Å². The maximum atomic E-state index is 10.4. The lowest BCUT2D eigenvalue weighted by Gasteiger charge is -2.30. The number of carboxylic acid groups (broad SMARTS) is 1. The number of carbonyl (C=O) groups is 1. The average molecular weight is 212 g/mol. The van der Waals surface area contributed by atoms with Gasteiger partial charge in [0.15, 0.2) is 0 Å². The fourth-order valence-electron chi connectivity index (χ4n) is 1.69. The molecule has 0 saturated carbocycles. The molecule has 0 N–H and O–H groups in total. The lowest BCUT2D eigenvalue weighted by atomic mass is 10.1. The molecule has 88 valence electrons. The number of hydrogen-bond donors (Lipinski definition) is 0. The summed E-state index contributed by atoms with van der Waals surface area (Å²) in [5, 5.41) is 10.4.